The van der Waals surface area contributed by atoms with E-state index in [0.29, 0.717) is 5.56 Å². The van der Waals surface area contributed by atoms with E-state index in [0.717, 1.165) is 33.2 Å². The van der Waals surface area contributed by atoms with Crippen LogP contribution >= 0.6 is 0 Å². The highest BCUT2D eigenvalue weighted by Gasteiger charge is 2.24. The molecular weight excluding hydrogens is 322 g/mol. The van der Waals surface area contributed by atoms with Gasteiger partial charge in [-0.2, -0.15) is 0 Å². The van der Waals surface area contributed by atoms with Crippen molar-refractivity contribution < 1.29 is 9.63 Å². The van der Waals surface area contributed by atoms with Crippen LogP contribution in [0.15, 0.2) is 90.1 Å². The second-order valence-electron chi connectivity index (χ2n) is 6.17. The third-order valence-corrected chi connectivity index (χ3v) is 4.29. The maximum Gasteiger partial charge on any atom is 0.365 e. The number of carbonyl (C=O) groups is 1. The molecule has 0 N–H and O–H groups in total. The summed E-state index contributed by atoms with van der Waals surface area (Å²) in [4.78, 5) is 17.4. The van der Waals surface area contributed by atoms with Crippen molar-refractivity contribution in [2.24, 2.45) is 5.16 Å². The van der Waals surface area contributed by atoms with Gasteiger partial charge >= 0.3 is 5.97 Å². The summed E-state index contributed by atoms with van der Waals surface area (Å²) in [6.45, 7) is 1.97. The lowest BCUT2D eigenvalue weighted by Crippen LogP contribution is -2.02. The SMILES string of the molecule is Cc1ccc(C(=O)ON=c2c(-c3ccccc3)c2-c2ccccc2)cc1. The molecule has 0 aliphatic heterocycles. The van der Waals surface area contributed by atoms with Crippen molar-refractivity contribution in [3.8, 4) is 22.3 Å². The molecule has 3 nitrogen and oxygen atoms in total. The van der Waals surface area contributed by atoms with E-state index in [9.17, 15) is 4.79 Å². The predicted molar refractivity (Wildman–Crippen MR) is 102 cm³/mol. The lowest BCUT2D eigenvalue weighted by Gasteiger charge is -1.97. The molecule has 0 aromatic heterocycles. The van der Waals surface area contributed by atoms with Gasteiger partial charge < -0.3 is 4.84 Å². The van der Waals surface area contributed by atoms with Gasteiger partial charge in [-0.25, -0.2) is 4.79 Å². The Labute approximate surface area is 151 Å². The van der Waals surface area contributed by atoms with E-state index in [1.807, 2.05) is 79.7 Å². The second-order valence-corrected chi connectivity index (χ2v) is 6.17. The number of aryl methyl sites for hydroxylation is 1. The summed E-state index contributed by atoms with van der Waals surface area (Å²) in [7, 11) is 0. The van der Waals surface area contributed by atoms with Gasteiger partial charge in [-0.1, -0.05) is 83.5 Å². The Bertz CT molecular complexity index is 1000. The van der Waals surface area contributed by atoms with E-state index in [4.69, 9.17) is 4.84 Å². The smallest absolute Gasteiger partial charge is 0.312 e. The van der Waals surface area contributed by atoms with Crippen molar-refractivity contribution in [1.82, 2.24) is 0 Å². The largest absolute Gasteiger partial charge is 0.365 e. The molecule has 0 bridgehead atoms. The first kappa shape index (κ1) is 16.0. The Morgan fingerprint density at radius 2 is 1.23 bits per heavy atom. The molecular formula is C23H17NO2. The van der Waals surface area contributed by atoms with E-state index in [1.165, 1.54) is 0 Å². The van der Waals surface area contributed by atoms with Crippen LogP contribution in [-0.2, 0) is 4.84 Å². The minimum absolute atomic E-state index is 0.454. The molecule has 0 aliphatic carbocycles. The lowest BCUT2D eigenvalue weighted by molar-refractivity contribution is 0.0500. The van der Waals surface area contributed by atoms with Gasteiger partial charge in [0, 0.05) is 11.1 Å². The van der Waals surface area contributed by atoms with Crippen LogP contribution in [0.4, 0.5) is 0 Å². The van der Waals surface area contributed by atoms with Gasteiger partial charge in [0.25, 0.3) is 0 Å². The second kappa shape index (κ2) is 6.81. The Morgan fingerprint density at radius 1 is 0.731 bits per heavy atom. The summed E-state index contributed by atoms with van der Waals surface area (Å²) >= 11 is 0. The van der Waals surface area contributed by atoms with Crippen LogP contribution in [0.3, 0.4) is 0 Å². The van der Waals surface area contributed by atoms with E-state index in [1.54, 1.807) is 12.1 Å². The van der Waals surface area contributed by atoms with Crippen LogP contribution < -0.4 is 5.36 Å². The average Bonchev–Trinajstić information content (AvgIpc) is 3.42. The van der Waals surface area contributed by atoms with Crippen molar-refractivity contribution in [1.29, 1.82) is 0 Å². The fourth-order valence-electron chi connectivity index (χ4n) is 2.87. The zero-order valence-corrected chi connectivity index (χ0v) is 14.3. The molecule has 0 saturated carbocycles. The lowest BCUT2D eigenvalue weighted by atomic mass is 10.1. The van der Waals surface area contributed by atoms with Crippen molar-refractivity contribution >= 4 is 5.97 Å². The summed E-state index contributed by atoms with van der Waals surface area (Å²) in [5, 5.41) is 4.87. The Hall–Kier alpha value is -3.46. The average molecular weight is 339 g/mol. The quantitative estimate of drug-likeness (QED) is 0.393. The molecule has 3 heteroatoms. The number of nitrogens with zero attached hydrogens (tertiary/aromatic N) is 1. The first-order valence-electron chi connectivity index (χ1n) is 8.46. The first-order chi connectivity index (χ1) is 12.7. The van der Waals surface area contributed by atoms with Crippen molar-refractivity contribution in [2.45, 2.75) is 6.92 Å². The zero-order chi connectivity index (χ0) is 17.9. The van der Waals surface area contributed by atoms with Crippen LogP contribution in [0.25, 0.3) is 22.3 Å². The molecule has 0 radical (unpaired) electrons. The number of hydrogen-bond donors (Lipinski definition) is 0. The molecule has 0 unspecified atom stereocenters. The molecule has 4 aromatic carbocycles. The molecule has 0 spiro atoms. The zero-order valence-electron chi connectivity index (χ0n) is 14.3. The monoisotopic (exact) mass is 339 g/mol. The summed E-state index contributed by atoms with van der Waals surface area (Å²) < 4.78 is 0. The molecule has 0 fully saturated rings. The summed E-state index contributed by atoms with van der Waals surface area (Å²) in [5.74, 6) is -0.454. The van der Waals surface area contributed by atoms with E-state index < -0.39 is 5.97 Å². The first-order valence-corrected chi connectivity index (χ1v) is 8.46. The standard InChI is InChI=1S/C23H17NO2/c1-16-12-14-19(15-13-16)23(25)26-24-22-20(17-8-4-2-5-9-17)21(22)18-10-6-3-7-11-18/h2-15H,1H3. The highest BCUT2D eigenvalue weighted by Crippen LogP contribution is 2.34. The maximum absolute atomic E-state index is 12.2. The van der Waals surface area contributed by atoms with Gasteiger partial charge in [-0.3, -0.25) is 0 Å². The fourth-order valence-corrected chi connectivity index (χ4v) is 2.87. The normalized spacial score (nSPS) is 10.7. The van der Waals surface area contributed by atoms with Gasteiger partial charge in [0.1, 0.15) is 5.36 Å². The molecule has 4 aromatic rings. The van der Waals surface area contributed by atoms with Crippen molar-refractivity contribution in [2.75, 3.05) is 0 Å². The van der Waals surface area contributed by atoms with Crippen LogP contribution in [0.2, 0.25) is 0 Å². The van der Waals surface area contributed by atoms with Gasteiger partial charge in [0.15, 0.2) is 0 Å². The van der Waals surface area contributed by atoms with Crippen molar-refractivity contribution in [3.05, 3.63) is 101 Å². The third-order valence-electron chi connectivity index (χ3n) is 4.29. The molecule has 0 heterocycles. The fraction of sp³-hybridized carbons (Fsp3) is 0.0435. The minimum atomic E-state index is -0.454. The van der Waals surface area contributed by atoms with Crippen LogP contribution in [0, 0.1) is 6.92 Å². The van der Waals surface area contributed by atoms with Crippen molar-refractivity contribution in [3.63, 3.8) is 0 Å². The molecule has 0 atom stereocenters. The molecule has 126 valence electrons. The van der Waals surface area contributed by atoms with Crippen LogP contribution in [0.1, 0.15) is 15.9 Å². The Morgan fingerprint density at radius 3 is 1.73 bits per heavy atom. The van der Waals surface area contributed by atoms with Gasteiger partial charge in [0.05, 0.1) is 5.56 Å². The predicted octanol–water partition coefficient (Wildman–Crippen LogP) is 4.88. The minimum Gasteiger partial charge on any atom is -0.312 e. The van der Waals surface area contributed by atoms with E-state index >= 15 is 0 Å². The molecule has 0 amide bonds. The molecule has 0 saturated heterocycles. The van der Waals surface area contributed by atoms with Gasteiger partial charge in [-0.05, 0) is 30.2 Å². The van der Waals surface area contributed by atoms with Crippen LogP contribution in [0.5, 0.6) is 0 Å². The number of rotatable bonds is 4. The number of carbonyl (C=O) groups excluding carboxylic acids is 1. The Kier molecular flexibility index (Phi) is 4.20. The molecule has 26 heavy (non-hydrogen) atoms. The van der Waals surface area contributed by atoms with Gasteiger partial charge in [-0.15, -0.1) is 0 Å². The van der Waals surface area contributed by atoms with E-state index in [2.05, 4.69) is 5.16 Å². The number of hydrogen-bond acceptors (Lipinski definition) is 3. The van der Waals surface area contributed by atoms with Gasteiger partial charge in [0.2, 0.25) is 0 Å². The summed E-state index contributed by atoms with van der Waals surface area (Å²) in [6.07, 6.45) is 0. The summed E-state index contributed by atoms with van der Waals surface area (Å²) in [5.41, 5.74) is 5.76. The third kappa shape index (κ3) is 3.20. The number of benzene rings is 3. The maximum atomic E-state index is 12.2. The Balaban J connectivity index is 1.66. The highest BCUT2D eigenvalue weighted by atomic mass is 16.7. The topological polar surface area (TPSA) is 38.7 Å². The molecule has 0 aliphatic rings. The highest BCUT2D eigenvalue weighted by molar-refractivity contribution is 5.94. The summed E-state index contributed by atoms with van der Waals surface area (Å²) in [6, 6.07) is 27.3. The molecule has 4 rings (SSSR count). The van der Waals surface area contributed by atoms with E-state index in [-0.39, 0.29) is 0 Å². The van der Waals surface area contributed by atoms with Crippen LogP contribution in [-0.4, -0.2) is 5.97 Å².